The quantitative estimate of drug-likeness (QED) is 0.784. The standard InChI is InChI=1S/C19H29N5/c1-2-4-15(5-3-1)22-19-18-16(23-24-17(18)10-13-21-19)7-6-14-8-11-20-12-9-14/h10,13-15,20H,1-9,11-12H2,(H,21,22)(H,23,24). The Kier molecular flexibility index (Phi) is 4.97. The molecular weight excluding hydrogens is 298 g/mol. The molecule has 5 heteroatoms. The van der Waals surface area contributed by atoms with Crippen molar-refractivity contribution in [3.8, 4) is 0 Å². The molecule has 1 aliphatic carbocycles. The van der Waals surface area contributed by atoms with Gasteiger partial charge in [0.2, 0.25) is 0 Å². The fourth-order valence-electron chi connectivity index (χ4n) is 4.28. The first-order chi connectivity index (χ1) is 11.9. The number of nitrogens with zero attached hydrogens (tertiary/aromatic N) is 2. The van der Waals surface area contributed by atoms with E-state index in [9.17, 15) is 0 Å². The second-order valence-corrected chi connectivity index (χ2v) is 7.47. The van der Waals surface area contributed by atoms with E-state index in [0.717, 1.165) is 23.7 Å². The predicted molar refractivity (Wildman–Crippen MR) is 98.3 cm³/mol. The van der Waals surface area contributed by atoms with Crippen LogP contribution in [-0.4, -0.2) is 34.3 Å². The van der Waals surface area contributed by atoms with E-state index in [1.54, 1.807) is 0 Å². The van der Waals surface area contributed by atoms with Gasteiger partial charge in [-0.1, -0.05) is 19.3 Å². The summed E-state index contributed by atoms with van der Waals surface area (Å²) in [4.78, 5) is 4.65. The van der Waals surface area contributed by atoms with Crippen LogP contribution in [0.3, 0.4) is 0 Å². The highest BCUT2D eigenvalue weighted by Crippen LogP contribution is 2.29. The van der Waals surface area contributed by atoms with Gasteiger partial charge in [-0.05, 0) is 63.6 Å². The molecule has 3 N–H and O–H groups in total. The molecule has 1 aliphatic heterocycles. The van der Waals surface area contributed by atoms with Crippen molar-refractivity contribution in [2.45, 2.75) is 63.8 Å². The lowest BCUT2D eigenvalue weighted by Gasteiger charge is -2.24. The molecule has 2 fully saturated rings. The molecule has 1 saturated heterocycles. The van der Waals surface area contributed by atoms with E-state index in [1.165, 1.54) is 75.5 Å². The lowest BCUT2D eigenvalue weighted by atomic mass is 9.92. The molecule has 4 rings (SSSR count). The summed E-state index contributed by atoms with van der Waals surface area (Å²) in [7, 11) is 0. The zero-order chi connectivity index (χ0) is 16.2. The predicted octanol–water partition coefficient (Wildman–Crippen LogP) is 3.63. The van der Waals surface area contributed by atoms with Gasteiger partial charge in [-0.15, -0.1) is 0 Å². The summed E-state index contributed by atoms with van der Waals surface area (Å²) in [5.74, 6) is 1.88. The van der Waals surface area contributed by atoms with Crippen molar-refractivity contribution < 1.29 is 0 Å². The van der Waals surface area contributed by atoms with Gasteiger partial charge in [-0.3, -0.25) is 5.10 Å². The van der Waals surface area contributed by atoms with Crippen LogP contribution in [0.1, 0.15) is 57.1 Å². The van der Waals surface area contributed by atoms with Crippen LogP contribution in [-0.2, 0) is 6.42 Å². The highest BCUT2D eigenvalue weighted by Gasteiger charge is 2.19. The molecule has 130 valence electrons. The van der Waals surface area contributed by atoms with Crippen LogP contribution in [0.5, 0.6) is 0 Å². The summed E-state index contributed by atoms with van der Waals surface area (Å²) in [5.41, 5.74) is 2.30. The van der Waals surface area contributed by atoms with E-state index in [-0.39, 0.29) is 0 Å². The van der Waals surface area contributed by atoms with Crippen LogP contribution < -0.4 is 10.6 Å². The molecule has 0 bridgehead atoms. The summed E-state index contributed by atoms with van der Waals surface area (Å²) in [6.07, 6.45) is 13.4. The maximum absolute atomic E-state index is 4.65. The van der Waals surface area contributed by atoms with Crippen LogP contribution in [0.25, 0.3) is 10.9 Å². The van der Waals surface area contributed by atoms with Gasteiger partial charge in [0.15, 0.2) is 0 Å². The number of fused-ring (bicyclic) bond motifs is 1. The molecular formula is C19H29N5. The summed E-state index contributed by atoms with van der Waals surface area (Å²) in [6, 6.07) is 2.59. The van der Waals surface area contributed by atoms with Crippen molar-refractivity contribution in [2.24, 2.45) is 5.92 Å². The first kappa shape index (κ1) is 15.9. The molecule has 0 unspecified atom stereocenters. The van der Waals surface area contributed by atoms with Crippen molar-refractivity contribution in [3.63, 3.8) is 0 Å². The molecule has 2 aliphatic rings. The average molecular weight is 327 g/mol. The Balaban J connectivity index is 1.50. The minimum Gasteiger partial charge on any atom is -0.367 e. The lowest BCUT2D eigenvalue weighted by Crippen LogP contribution is -2.27. The number of pyridine rings is 1. The molecule has 2 aromatic heterocycles. The Labute approximate surface area is 144 Å². The highest BCUT2D eigenvalue weighted by atomic mass is 15.1. The smallest absolute Gasteiger partial charge is 0.137 e. The fraction of sp³-hybridized carbons (Fsp3) is 0.684. The zero-order valence-electron chi connectivity index (χ0n) is 14.5. The van der Waals surface area contributed by atoms with E-state index < -0.39 is 0 Å². The van der Waals surface area contributed by atoms with E-state index in [4.69, 9.17) is 0 Å². The molecule has 24 heavy (non-hydrogen) atoms. The molecule has 5 nitrogen and oxygen atoms in total. The van der Waals surface area contributed by atoms with E-state index in [1.807, 2.05) is 12.3 Å². The zero-order valence-corrected chi connectivity index (χ0v) is 14.5. The van der Waals surface area contributed by atoms with Crippen LogP contribution in [0, 0.1) is 5.92 Å². The molecule has 0 atom stereocenters. The van der Waals surface area contributed by atoms with Crippen molar-refractivity contribution in [1.82, 2.24) is 20.5 Å². The van der Waals surface area contributed by atoms with Gasteiger partial charge in [-0.25, -0.2) is 4.98 Å². The third-order valence-corrected chi connectivity index (χ3v) is 5.75. The Morgan fingerprint density at radius 1 is 1.08 bits per heavy atom. The Morgan fingerprint density at radius 2 is 1.92 bits per heavy atom. The molecule has 0 spiro atoms. The van der Waals surface area contributed by atoms with Crippen LogP contribution in [0.4, 0.5) is 5.82 Å². The number of aryl methyl sites for hydroxylation is 1. The number of anilines is 1. The maximum Gasteiger partial charge on any atom is 0.137 e. The summed E-state index contributed by atoms with van der Waals surface area (Å²) >= 11 is 0. The van der Waals surface area contributed by atoms with Crippen molar-refractivity contribution >= 4 is 16.7 Å². The van der Waals surface area contributed by atoms with Gasteiger partial charge in [-0.2, -0.15) is 5.10 Å². The first-order valence-electron chi connectivity index (χ1n) is 9.69. The third-order valence-electron chi connectivity index (χ3n) is 5.75. The number of aromatic amines is 1. The number of hydrogen-bond donors (Lipinski definition) is 3. The Bertz CT molecular complexity index is 653. The molecule has 0 radical (unpaired) electrons. The second kappa shape index (κ2) is 7.51. The van der Waals surface area contributed by atoms with Crippen molar-refractivity contribution in [2.75, 3.05) is 18.4 Å². The van der Waals surface area contributed by atoms with E-state index in [2.05, 4.69) is 25.8 Å². The second-order valence-electron chi connectivity index (χ2n) is 7.47. The minimum atomic E-state index is 0.573. The molecule has 0 amide bonds. The highest BCUT2D eigenvalue weighted by molar-refractivity contribution is 5.91. The summed E-state index contributed by atoms with van der Waals surface area (Å²) in [6.45, 7) is 2.34. The Hall–Kier alpha value is -1.62. The van der Waals surface area contributed by atoms with Crippen molar-refractivity contribution in [3.05, 3.63) is 18.0 Å². The number of piperidine rings is 1. The lowest BCUT2D eigenvalue weighted by molar-refractivity contribution is 0.353. The topological polar surface area (TPSA) is 65.6 Å². The van der Waals surface area contributed by atoms with Gasteiger partial charge >= 0.3 is 0 Å². The largest absolute Gasteiger partial charge is 0.367 e. The van der Waals surface area contributed by atoms with Crippen LogP contribution in [0.15, 0.2) is 12.3 Å². The normalized spacial score (nSPS) is 20.5. The monoisotopic (exact) mass is 327 g/mol. The SMILES string of the molecule is c1cc2n[nH]c(CCC3CCNCC3)c2c(NC2CCCCC2)n1. The minimum absolute atomic E-state index is 0.573. The van der Waals surface area contributed by atoms with Gasteiger partial charge in [0.05, 0.1) is 10.9 Å². The van der Waals surface area contributed by atoms with Gasteiger partial charge in [0.1, 0.15) is 5.82 Å². The average Bonchev–Trinajstić information content (AvgIpc) is 3.06. The van der Waals surface area contributed by atoms with Crippen LogP contribution in [0.2, 0.25) is 0 Å². The first-order valence-corrected chi connectivity index (χ1v) is 9.69. The molecule has 3 heterocycles. The maximum atomic E-state index is 4.65. The summed E-state index contributed by atoms with van der Waals surface area (Å²) in [5, 5.41) is 16.2. The number of nitrogens with one attached hydrogen (secondary N) is 3. The van der Waals surface area contributed by atoms with E-state index in [0.29, 0.717) is 6.04 Å². The van der Waals surface area contributed by atoms with Gasteiger partial charge < -0.3 is 10.6 Å². The van der Waals surface area contributed by atoms with Gasteiger partial charge in [0.25, 0.3) is 0 Å². The summed E-state index contributed by atoms with van der Waals surface area (Å²) < 4.78 is 0. The molecule has 1 saturated carbocycles. The third kappa shape index (κ3) is 3.56. The number of hydrogen-bond acceptors (Lipinski definition) is 4. The number of aromatic nitrogens is 3. The fourth-order valence-corrected chi connectivity index (χ4v) is 4.28. The number of rotatable bonds is 5. The molecule has 2 aromatic rings. The Morgan fingerprint density at radius 3 is 2.75 bits per heavy atom. The van der Waals surface area contributed by atoms with Gasteiger partial charge in [0, 0.05) is 17.9 Å². The number of H-pyrrole nitrogens is 1. The molecule has 0 aromatic carbocycles. The van der Waals surface area contributed by atoms with Crippen molar-refractivity contribution in [1.29, 1.82) is 0 Å². The van der Waals surface area contributed by atoms with Crippen LogP contribution >= 0.6 is 0 Å². The van der Waals surface area contributed by atoms with E-state index >= 15 is 0 Å².